The second-order valence-corrected chi connectivity index (χ2v) is 6.27. The van der Waals surface area contributed by atoms with Gasteiger partial charge in [-0.3, -0.25) is 0 Å². The molecule has 1 aliphatic rings. The zero-order valence-electron chi connectivity index (χ0n) is 14.4. The Kier molecular flexibility index (Phi) is 11.5. The van der Waals surface area contributed by atoms with Crippen molar-refractivity contribution in [2.24, 2.45) is 0 Å². The quantitative estimate of drug-likeness (QED) is 0.356. The molecule has 0 spiro atoms. The van der Waals surface area contributed by atoms with Gasteiger partial charge < -0.3 is 24.8 Å². The molecule has 5 heteroatoms. The first-order chi connectivity index (χ1) is 11.2. The molecular weight excluding hydrogens is 296 g/mol. The lowest BCUT2D eigenvalue weighted by Crippen LogP contribution is -2.42. The van der Waals surface area contributed by atoms with Crippen LogP contribution >= 0.6 is 0 Å². The lowest BCUT2D eigenvalue weighted by atomic mass is 10.1. The number of hydrogen-bond acceptors (Lipinski definition) is 5. The molecule has 3 N–H and O–H groups in total. The Morgan fingerprint density at radius 2 is 1.83 bits per heavy atom. The zero-order valence-corrected chi connectivity index (χ0v) is 14.4. The Morgan fingerprint density at radius 3 is 2.57 bits per heavy atom. The van der Waals surface area contributed by atoms with Crippen LogP contribution in [0.1, 0.15) is 58.3 Å². The minimum atomic E-state index is -1.00. The number of allylic oxidation sites excluding steroid dienone is 2. The van der Waals surface area contributed by atoms with Crippen LogP contribution in [0.3, 0.4) is 0 Å². The van der Waals surface area contributed by atoms with Gasteiger partial charge in [-0.25, -0.2) is 0 Å². The number of hydrogen-bond donors (Lipinski definition) is 3. The Morgan fingerprint density at radius 1 is 1.13 bits per heavy atom. The highest BCUT2D eigenvalue weighted by atomic mass is 16.6. The van der Waals surface area contributed by atoms with Crippen molar-refractivity contribution in [2.45, 2.75) is 82.7 Å². The highest BCUT2D eigenvalue weighted by molar-refractivity contribution is 4.89. The summed E-state index contributed by atoms with van der Waals surface area (Å²) < 4.78 is 11.0. The van der Waals surface area contributed by atoms with Crippen molar-refractivity contribution < 1.29 is 24.8 Å². The smallest absolute Gasteiger partial charge is 0.114 e. The van der Waals surface area contributed by atoms with Crippen LogP contribution in [0.2, 0.25) is 0 Å². The van der Waals surface area contributed by atoms with E-state index in [2.05, 4.69) is 19.1 Å². The molecule has 0 saturated carbocycles. The summed E-state index contributed by atoms with van der Waals surface area (Å²) in [5.74, 6) is 0. The molecule has 0 aromatic rings. The molecule has 0 bridgehead atoms. The van der Waals surface area contributed by atoms with Crippen molar-refractivity contribution in [2.75, 3.05) is 19.8 Å². The SMILES string of the molecule is CCC/C=C/CCCCCCCO[C@H]1[C@@H]([C@H](O)CO)OC[C@@H]1O. The highest BCUT2D eigenvalue weighted by Crippen LogP contribution is 2.21. The Labute approximate surface area is 140 Å². The maximum absolute atomic E-state index is 9.82. The van der Waals surface area contributed by atoms with Gasteiger partial charge in [0.25, 0.3) is 0 Å². The topological polar surface area (TPSA) is 79.2 Å². The summed E-state index contributed by atoms with van der Waals surface area (Å²) in [6.45, 7) is 2.51. The molecule has 0 aromatic carbocycles. The number of ether oxygens (including phenoxy) is 2. The molecule has 23 heavy (non-hydrogen) atoms. The van der Waals surface area contributed by atoms with Gasteiger partial charge in [0.15, 0.2) is 0 Å². The second-order valence-electron chi connectivity index (χ2n) is 6.27. The van der Waals surface area contributed by atoms with Crippen LogP contribution in [0, 0.1) is 0 Å². The first-order valence-corrected chi connectivity index (χ1v) is 9.05. The largest absolute Gasteiger partial charge is 0.394 e. The number of unbranched alkanes of at least 4 members (excludes halogenated alkanes) is 6. The van der Waals surface area contributed by atoms with E-state index in [9.17, 15) is 10.2 Å². The number of aliphatic hydroxyl groups excluding tert-OH is 3. The Hall–Kier alpha value is -0.460. The van der Waals surface area contributed by atoms with Gasteiger partial charge in [0.05, 0.1) is 13.2 Å². The van der Waals surface area contributed by atoms with Crippen molar-refractivity contribution >= 4 is 0 Å². The maximum atomic E-state index is 9.82. The molecule has 0 radical (unpaired) electrons. The minimum absolute atomic E-state index is 0.151. The van der Waals surface area contributed by atoms with Gasteiger partial charge in [0.1, 0.15) is 24.4 Å². The van der Waals surface area contributed by atoms with Gasteiger partial charge in [-0.05, 0) is 25.7 Å². The van der Waals surface area contributed by atoms with E-state index >= 15 is 0 Å². The van der Waals surface area contributed by atoms with Crippen LogP contribution < -0.4 is 0 Å². The third kappa shape index (κ3) is 8.27. The summed E-state index contributed by atoms with van der Waals surface area (Å²) in [6, 6.07) is 0. The molecule has 0 amide bonds. The van der Waals surface area contributed by atoms with Crippen molar-refractivity contribution in [3.63, 3.8) is 0 Å². The molecule has 0 aromatic heterocycles. The number of aliphatic hydroxyl groups is 3. The predicted octanol–water partition coefficient (Wildman–Crippen LogP) is 2.18. The standard InChI is InChI=1S/C18H34O5/c1-2-3-4-5-6-7-8-9-10-11-12-22-18-16(21)14-23-17(18)15(20)13-19/h4-5,15-21H,2-3,6-14H2,1H3/b5-4+/t15-,16+,17-,18-/m1/s1. The van der Waals surface area contributed by atoms with E-state index in [1.165, 1.54) is 38.5 Å². The van der Waals surface area contributed by atoms with E-state index in [-0.39, 0.29) is 13.2 Å². The van der Waals surface area contributed by atoms with Crippen LogP contribution in [-0.2, 0) is 9.47 Å². The Balaban J connectivity index is 2.01. The molecule has 4 atom stereocenters. The molecular formula is C18H34O5. The van der Waals surface area contributed by atoms with Crippen LogP contribution in [0.25, 0.3) is 0 Å². The molecule has 1 rings (SSSR count). The zero-order chi connectivity index (χ0) is 16.9. The van der Waals surface area contributed by atoms with E-state index in [0.29, 0.717) is 6.61 Å². The molecule has 1 fully saturated rings. The fourth-order valence-corrected chi connectivity index (χ4v) is 2.77. The summed E-state index contributed by atoms with van der Waals surface area (Å²) >= 11 is 0. The summed E-state index contributed by atoms with van der Waals surface area (Å²) in [5.41, 5.74) is 0. The summed E-state index contributed by atoms with van der Waals surface area (Å²) in [7, 11) is 0. The third-order valence-electron chi connectivity index (χ3n) is 4.18. The second kappa shape index (κ2) is 12.9. The van der Waals surface area contributed by atoms with Gasteiger partial charge >= 0.3 is 0 Å². The van der Waals surface area contributed by atoms with Crippen LogP contribution in [0.5, 0.6) is 0 Å². The average Bonchev–Trinajstić information content (AvgIpc) is 2.93. The maximum Gasteiger partial charge on any atom is 0.114 e. The fourth-order valence-electron chi connectivity index (χ4n) is 2.77. The first kappa shape index (κ1) is 20.6. The van der Waals surface area contributed by atoms with E-state index in [1.807, 2.05) is 0 Å². The van der Waals surface area contributed by atoms with E-state index in [4.69, 9.17) is 14.6 Å². The van der Waals surface area contributed by atoms with Crippen molar-refractivity contribution in [3.8, 4) is 0 Å². The Bertz CT molecular complexity index is 308. The lowest BCUT2D eigenvalue weighted by molar-refractivity contribution is -0.0938. The predicted molar refractivity (Wildman–Crippen MR) is 90.3 cm³/mol. The fraction of sp³-hybridized carbons (Fsp3) is 0.889. The van der Waals surface area contributed by atoms with Gasteiger partial charge in [-0.2, -0.15) is 0 Å². The summed E-state index contributed by atoms with van der Waals surface area (Å²) in [4.78, 5) is 0. The van der Waals surface area contributed by atoms with Crippen LogP contribution in [0.4, 0.5) is 0 Å². The molecule has 136 valence electrons. The van der Waals surface area contributed by atoms with Crippen molar-refractivity contribution in [3.05, 3.63) is 12.2 Å². The van der Waals surface area contributed by atoms with Gasteiger partial charge in [0.2, 0.25) is 0 Å². The molecule has 5 nitrogen and oxygen atoms in total. The van der Waals surface area contributed by atoms with E-state index in [1.54, 1.807) is 0 Å². The first-order valence-electron chi connectivity index (χ1n) is 9.05. The lowest BCUT2D eigenvalue weighted by Gasteiger charge is -2.23. The molecule has 1 aliphatic heterocycles. The van der Waals surface area contributed by atoms with Crippen LogP contribution in [0.15, 0.2) is 12.2 Å². The van der Waals surface area contributed by atoms with E-state index < -0.39 is 24.4 Å². The van der Waals surface area contributed by atoms with Crippen molar-refractivity contribution in [1.29, 1.82) is 0 Å². The molecule has 0 unspecified atom stereocenters. The highest BCUT2D eigenvalue weighted by Gasteiger charge is 2.40. The summed E-state index contributed by atoms with van der Waals surface area (Å²) in [5, 5.41) is 28.5. The molecule has 1 heterocycles. The van der Waals surface area contributed by atoms with Crippen molar-refractivity contribution in [1.82, 2.24) is 0 Å². The van der Waals surface area contributed by atoms with Gasteiger partial charge in [-0.15, -0.1) is 0 Å². The van der Waals surface area contributed by atoms with Crippen LogP contribution in [-0.4, -0.2) is 59.6 Å². The third-order valence-corrected chi connectivity index (χ3v) is 4.18. The van der Waals surface area contributed by atoms with E-state index in [0.717, 1.165) is 12.8 Å². The number of rotatable bonds is 13. The monoisotopic (exact) mass is 330 g/mol. The normalized spacial score (nSPS) is 26.2. The molecule has 0 aliphatic carbocycles. The van der Waals surface area contributed by atoms with Gasteiger partial charge in [0, 0.05) is 6.61 Å². The average molecular weight is 330 g/mol. The summed E-state index contributed by atoms with van der Waals surface area (Å²) in [6.07, 6.45) is 10.9. The minimum Gasteiger partial charge on any atom is -0.394 e. The van der Waals surface area contributed by atoms with Gasteiger partial charge in [-0.1, -0.05) is 44.8 Å². The molecule has 1 saturated heterocycles.